The topological polar surface area (TPSA) is 43.8 Å². The average Bonchev–Trinajstić information content (AvgIpc) is 2.56. The molecule has 2 rings (SSSR count). The van der Waals surface area contributed by atoms with E-state index in [1.807, 2.05) is 42.9 Å². The average molecular weight is 236 g/mol. The van der Waals surface area contributed by atoms with E-state index in [9.17, 15) is 0 Å². The van der Waals surface area contributed by atoms with Gasteiger partial charge in [0, 0.05) is 24.2 Å². The molecule has 0 spiro atoms. The summed E-state index contributed by atoms with van der Waals surface area (Å²) in [4.78, 5) is 0. The molecule has 0 aliphatic rings. The van der Waals surface area contributed by atoms with Crippen molar-refractivity contribution in [3.05, 3.63) is 40.5 Å². The molecule has 1 aromatic carbocycles. The number of rotatable bonds is 2. The van der Waals surface area contributed by atoms with Gasteiger partial charge in [-0.05, 0) is 24.6 Å². The van der Waals surface area contributed by atoms with E-state index in [1.165, 1.54) is 0 Å². The predicted molar refractivity (Wildman–Crippen MR) is 66.3 cm³/mol. The third kappa shape index (κ3) is 1.84. The molecule has 16 heavy (non-hydrogen) atoms. The van der Waals surface area contributed by atoms with Gasteiger partial charge in [0.15, 0.2) is 0 Å². The smallest absolute Gasteiger partial charge is 0.0795 e. The summed E-state index contributed by atoms with van der Waals surface area (Å²) in [5.41, 5.74) is 9.91. The van der Waals surface area contributed by atoms with E-state index in [2.05, 4.69) is 5.10 Å². The first kappa shape index (κ1) is 11.2. The summed E-state index contributed by atoms with van der Waals surface area (Å²) in [6, 6.07) is 7.75. The summed E-state index contributed by atoms with van der Waals surface area (Å²) in [5.74, 6) is 0. The lowest BCUT2D eigenvalue weighted by Gasteiger charge is -2.03. The lowest BCUT2D eigenvalue weighted by molar-refractivity contribution is 0.749. The van der Waals surface area contributed by atoms with Crippen LogP contribution in [0, 0.1) is 6.92 Å². The maximum atomic E-state index is 5.87. The molecule has 3 nitrogen and oxygen atoms in total. The molecule has 2 aromatic rings. The van der Waals surface area contributed by atoms with Gasteiger partial charge in [-0.15, -0.1) is 0 Å². The van der Waals surface area contributed by atoms with Crippen LogP contribution in [0.1, 0.15) is 11.3 Å². The van der Waals surface area contributed by atoms with Crippen LogP contribution in [0.3, 0.4) is 0 Å². The van der Waals surface area contributed by atoms with Crippen molar-refractivity contribution in [2.45, 2.75) is 13.5 Å². The zero-order valence-corrected chi connectivity index (χ0v) is 10.1. The number of nitrogens with zero attached hydrogens (tertiary/aromatic N) is 2. The first-order chi connectivity index (χ1) is 7.63. The predicted octanol–water partition coefficient (Wildman–Crippen LogP) is 2.51. The fourth-order valence-electron chi connectivity index (χ4n) is 1.89. The van der Waals surface area contributed by atoms with Crippen molar-refractivity contribution < 1.29 is 0 Å². The Labute approximate surface area is 99.8 Å². The van der Waals surface area contributed by atoms with Crippen LogP contribution in [0.25, 0.3) is 11.3 Å². The van der Waals surface area contributed by atoms with Gasteiger partial charge in [-0.3, -0.25) is 4.68 Å². The van der Waals surface area contributed by atoms with E-state index in [4.69, 9.17) is 17.3 Å². The van der Waals surface area contributed by atoms with Crippen molar-refractivity contribution >= 4 is 11.6 Å². The molecule has 84 valence electrons. The Hall–Kier alpha value is -1.32. The fraction of sp³-hybridized carbons (Fsp3) is 0.250. The van der Waals surface area contributed by atoms with E-state index < -0.39 is 0 Å². The Bertz CT molecular complexity index is 500. The van der Waals surface area contributed by atoms with Gasteiger partial charge in [0.05, 0.1) is 11.4 Å². The molecule has 1 aromatic heterocycles. The Morgan fingerprint density at radius 1 is 1.31 bits per heavy atom. The van der Waals surface area contributed by atoms with Crippen molar-refractivity contribution in [2.75, 3.05) is 0 Å². The van der Waals surface area contributed by atoms with E-state index in [-0.39, 0.29) is 0 Å². The second kappa shape index (κ2) is 4.28. The van der Waals surface area contributed by atoms with Gasteiger partial charge in [-0.1, -0.05) is 23.7 Å². The van der Waals surface area contributed by atoms with Crippen molar-refractivity contribution in [1.82, 2.24) is 9.78 Å². The van der Waals surface area contributed by atoms with Crippen LogP contribution in [0.15, 0.2) is 24.3 Å². The number of aromatic nitrogens is 2. The van der Waals surface area contributed by atoms with Gasteiger partial charge in [-0.2, -0.15) is 5.10 Å². The summed E-state index contributed by atoms with van der Waals surface area (Å²) >= 11 is 5.87. The molecular weight excluding hydrogens is 222 g/mol. The number of halogens is 1. The molecule has 0 atom stereocenters. The molecule has 0 radical (unpaired) electrons. The Morgan fingerprint density at radius 3 is 2.44 bits per heavy atom. The van der Waals surface area contributed by atoms with Crippen LogP contribution in [-0.2, 0) is 13.6 Å². The first-order valence-corrected chi connectivity index (χ1v) is 5.49. The standard InChI is InChI=1S/C12H14ClN3/c1-8-11(7-14)15-16(2)12(8)9-3-5-10(13)6-4-9/h3-6H,7,14H2,1-2H3. The van der Waals surface area contributed by atoms with E-state index in [1.54, 1.807) is 0 Å². The Balaban J connectivity index is 2.55. The lowest BCUT2D eigenvalue weighted by Crippen LogP contribution is -1.99. The van der Waals surface area contributed by atoms with Gasteiger partial charge < -0.3 is 5.73 Å². The second-order valence-corrected chi connectivity index (χ2v) is 4.19. The number of benzene rings is 1. The number of hydrogen-bond donors (Lipinski definition) is 1. The highest BCUT2D eigenvalue weighted by Crippen LogP contribution is 2.26. The summed E-state index contributed by atoms with van der Waals surface area (Å²) < 4.78 is 1.86. The third-order valence-electron chi connectivity index (χ3n) is 2.69. The minimum absolute atomic E-state index is 0.466. The molecule has 4 heteroatoms. The molecule has 0 saturated heterocycles. The van der Waals surface area contributed by atoms with Gasteiger partial charge in [0.25, 0.3) is 0 Å². The molecule has 0 saturated carbocycles. The van der Waals surface area contributed by atoms with E-state index >= 15 is 0 Å². The molecule has 0 aliphatic heterocycles. The first-order valence-electron chi connectivity index (χ1n) is 5.12. The molecule has 2 N–H and O–H groups in total. The molecular formula is C12H14ClN3. The molecule has 0 bridgehead atoms. The Kier molecular flexibility index (Phi) is 2.99. The van der Waals surface area contributed by atoms with Crippen molar-refractivity contribution in [3.63, 3.8) is 0 Å². The molecule has 0 aliphatic carbocycles. The zero-order chi connectivity index (χ0) is 11.7. The highest BCUT2D eigenvalue weighted by Gasteiger charge is 2.12. The van der Waals surface area contributed by atoms with Gasteiger partial charge >= 0.3 is 0 Å². The van der Waals surface area contributed by atoms with Crippen LogP contribution in [0.5, 0.6) is 0 Å². The highest BCUT2D eigenvalue weighted by molar-refractivity contribution is 6.30. The SMILES string of the molecule is Cc1c(CN)nn(C)c1-c1ccc(Cl)cc1. The quantitative estimate of drug-likeness (QED) is 0.869. The molecule has 0 unspecified atom stereocenters. The minimum Gasteiger partial charge on any atom is -0.325 e. The summed E-state index contributed by atoms with van der Waals surface area (Å²) in [6.07, 6.45) is 0. The summed E-state index contributed by atoms with van der Waals surface area (Å²) in [7, 11) is 1.93. The van der Waals surface area contributed by atoms with E-state index in [0.717, 1.165) is 27.5 Å². The van der Waals surface area contributed by atoms with Crippen LogP contribution < -0.4 is 5.73 Å². The number of hydrogen-bond acceptors (Lipinski definition) is 2. The van der Waals surface area contributed by atoms with Gasteiger partial charge in [-0.25, -0.2) is 0 Å². The van der Waals surface area contributed by atoms with Gasteiger partial charge in [0.1, 0.15) is 0 Å². The van der Waals surface area contributed by atoms with Crippen LogP contribution in [0.2, 0.25) is 5.02 Å². The maximum Gasteiger partial charge on any atom is 0.0795 e. The summed E-state index contributed by atoms with van der Waals surface area (Å²) in [5, 5.41) is 5.12. The monoisotopic (exact) mass is 235 g/mol. The summed E-state index contributed by atoms with van der Waals surface area (Å²) in [6.45, 7) is 2.51. The minimum atomic E-state index is 0.466. The molecule has 0 fully saturated rings. The van der Waals surface area contributed by atoms with Crippen LogP contribution >= 0.6 is 11.6 Å². The van der Waals surface area contributed by atoms with Crippen LogP contribution in [-0.4, -0.2) is 9.78 Å². The molecule has 0 amide bonds. The largest absolute Gasteiger partial charge is 0.325 e. The number of aryl methyl sites for hydroxylation is 1. The second-order valence-electron chi connectivity index (χ2n) is 3.75. The highest BCUT2D eigenvalue weighted by atomic mass is 35.5. The number of nitrogens with two attached hydrogens (primary N) is 1. The fourth-order valence-corrected chi connectivity index (χ4v) is 2.02. The molecule has 1 heterocycles. The lowest BCUT2D eigenvalue weighted by atomic mass is 10.1. The van der Waals surface area contributed by atoms with Crippen molar-refractivity contribution in [2.24, 2.45) is 12.8 Å². The third-order valence-corrected chi connectivity index (χ3v) is 2.95. The van der Waals surface area contributed by atoms with Gasteiger partial charge in [0.2, 0.25) is 0 Å². The Morgan fingerprint density at radius 2 is 1.94 bits per heavy atom. The normalized spacial score (nSPS) is 10.8. The van der Waals surface area contributed by atoms with E-state index in [0.29, 0.717) is 6.54 Å². The van der Waals surface area contributed by atoms with Crippen molar-refractivity contribution in [1.29, 1.82) is 0 Å². The zero-order valence-electron chi connectivity index (χ0n) is 9.37. The van der Waals surface area contributed by atoms with Crippen LogP contribution in [0.4, 0.5) is 0 Å². The van der Waals surface area contributed by atoms with Crippen molar-refractivity contribution in [3.8, 4) is 11.3 Å². The maximum absolute atomic E-state index is 5.87.